The van der Waals surface area contributed by atoms with Gasteiger partial charge in [-0.15, -0.1) is 0 Å². The summed E-state index contributed by atoms with van der Waals surface area (Å²) in [6.07, 6.45) is 1.61. The molecular weight excluding hydrogens is 254 g/mol. The number of benzene rings is 1. The number of carbonyl (C=O) groups is 2. The molecule has 2 rings (SSSR count). The van der Waals surface area contributed by atoms with Crippen LogP contribution in [0.4, 0.5) is 0 Å². The van der Waals surface area contributed by atoms with Crippen LogP contribution in [0.15, 0.2) is 24.3 Å². The minimum Gasteiger partial charge on any atom is -0.368 e. The molecule has 1 fully saturated rings. The van der Waals surface area contributed by atoms with Crippen molar-refractivity contribution in [2.75, 3.05) is 0 Å². The average molecular weight is 271 g/mol. The minimum absolute atomic E-state index is 0.107. The van der Waals surface area contributed by atoms with Crippen molar-refractivity contribution in [1.82, 2.24) is 5.32 Å². The highest BCUT2D eigenvalue weighted by atomic mass is 16.2. The number of nitrogens with one attached hydrogen (secondary N) is 1. The predicted molar refractivity (Wildman–Crippen MR) is 73.5 cm³/mol. The van der Waals surface area contributed by atoms with Gasteiger partial charge in [0, 0.05) is 11.5 Å². The number of primary amides is 1. The number of amides is 2. The van der Waals surface area contributed by atoms with Crippen LogP contribution >= 0.6 is 0 Å². The molecule has 1 aromatic rings. The van der Waals surface area contributed by atoms with Gasteiger partial charge < -0.3 is 11.1 Å². The van der Waals surface area contributed by atoms with E-state index in [-0.39, 0.29) is 11.8 Å². The zero-order valence-corrected chi connectivity index (χ0v) is 11.3. The van der Waals surface area contributed by atoms with Gasteiger partial charge in [0.1, 0.15) is 6.04 Å². The Morgan fingerprint density at radius 2 is 2.20 bits per heavy atom. The Morgan fingerprint density at radius 1 is 1.50 bits per heavy atom. The van der Waals surface area contributed by atoms with Crippen LogP contribution in [0.3, 0.4) is 0 Å². The third-order valence-electron chi connectivity index (χ3n) is 3.61. The molecular formula is C15H17N3O2. The molecule has 1 aliphatic carbocycles. The van der Waals surface area contributed by atoms with Gasteiger partial charge in [0.2, 0.25) is 5.91 Å². The average Bonchev–Trinajstić information content (AvgIpc) is 3.17. The van der Waals surface area contributed by atoms with E-state index in [4.69, 9.17) is 11.0 Å². The quantitative estimate of drug-likeness (QED) is 0.835. The lowest BCUT2D eigenvalue weighted by atomic mass is 10.0. The fourth-order valence-corrected chi connectivity index (χ4v) is 2.18. The van der Waals surface area contributed by atoms with E-state index in [0.29, 0.717) is 17.9 Å². The van der Waals surface area contributed by atoms with Crippen molar-refractivity contribution in [3.8, 4) is 6.07 Å². The van der Waals surface area contributed by atoms with E-state index >= 15 is 0 Å². The topological polar surface area (TPSA) is 96.0 Å². The fraction of sp³-hybridized carbons (Fsp3) is 0.400. The lowest BCUT2D eigenvalue weighted by Gasteiger charge is -2.13. The highest BCUT2D eigenvalue weighted by molar-refractivity contribution is 5.98. The SMILES string of the molecule is CC(NC(=O)c1ccccc1CC1CC1C#N)C(N)=O. The summed E-state index contributed by atoms with van der Waals surface area (Å²) in [7, 11) is 0. The maximum absolute atomic E-state index is 12.1. The molecule has 3 N–H and O–H groups in total. The summed E-state index contributed by atoms with van der Waals surface area (Å²) in [6.45, 7) is 1.55. The molecule has 0 spiro atoms. The van der Waals surface area contributed by atoms with Crippen LogP contribution in [0.5, 0.6) is 0 Å². The molecule has 5 heteroatoms. The van der Waals surface area contributed by atoms with Gasteiger partial charge in [0.15, 0.2) is 0 Å². The molecule has 1 saturated carbocycles. The molecule has 0 bridgehead atoms. The summed E-state index contributed by atoms with van der Waals surface area (Å²) in [5.74, 6) is -0.429. The Morgan fingerprint density at radius 3 is 2.80 bits per heavy atom. The van der Waals surface area contributed by atoms with Gasteiger partial charge in [-0.2, -0.15) is 5.26 Å². The van der Waals surface area contributed by atoms with Crippen molar-refractivity contribution in [2.24, 2.45) is 17.6 Å². The lowest BCUT2D eigenvalue weighted by molar-refractivity contribution is -0.119. The van der Waals surface area contributed by atoms with Crippen LogP contribution in [0, 0.1) is 23.2 Å². The van der Waals surface area contributed by atoms with Crippen molar-refractivity contribution in [3.63, 3.8) is 0 Å². The standard InChI is InChI=1S/C15H17N3O2/c1-9(14(17)19)18-15(20)13-5-3-2-4-10(13)6-11-7-12(11)8-16/h2-5,9,11-12H,6-7H2,1H3,(H2,17,19)(H,18,20). The first kappa shape index (κ1) is 14.1. The summed E-state index contributed by atoms with van der Waals surface area (Å²) >= 11 is 0. The molecule has 5 nitrogen and oxygen atoms in total. The first-order chi connectivity index (χ1) is 9.52. The van der Waals surface area contributed by atoms with Gasteiger partial charge in [-0.3, -0.25) is 9.59 Å². The van der Waals surface area contributed by atoms with E-state index in [0.717, 1.165) is 12.0 Å². The normalized spacial score (nSPS) is 21.6. The van der Waals surface area contributed by atoms with Crippen LogP contribution in [0.1, 0.15) is 29.3 Å². The zero-order valence-electron chi connectivity index (χ0n) is 11.3. The van der Waals surface area contributed by atoms with Crippen LogP contribution < -0.4 is 11.1 Å². The number of nitriles is 1. The smallest absolute Gasteiger partial charge is 0.252 e. The molecule has 104 valence electrons. The van der Waals surface area contributed by atoms with Crippen molar-refractivity contribution in [3.05, 3.63) is 35.4 Å². The van der Waals surface area contributed by atoms with E-state index in [2.05, 4.69) is 11.4 Å². The van der Waals surface area contributed by atoms with Crippen molar-refractivity contribution in [1.29, 1.82) is 5.26 Å². The van der Waals surface area contributed by atoms with Crippen molar-refractivity contribution < 1.29 is 9.59 Å². The minimum atomic E-state index is -0.705. The van der Waals surface area contributed by atoms with Crippen molar-refractivity contribution in [2.45, 2.75) is 25.8 Å². The third kappa shape index (κ3) is 3.15. The summed E-state index contributed by atoms with van der Waals surface area (Å²) < 4.78 is 0. The molecule has 1 aromatic carbocycles. The highest BCUT2D eigenvalue weighted by Crippen LogP contribution is 2.40. The number of carbonyl (C=O) groups excluding carboxylic acids is 2. The fourth-order valence-electron chi connectivity index (χ4n) is 2.18. The van der Waals surface area contributed by atoms with Crippen LogP contribution in [-0.2, 0) is 11.2 Å². The zero-order chi connectivity index (χ0) is 14.7. The van der Waals surface area contributed by atoms with E-state index in [1.54, 1.807) is 19.1 Å². The van der Waals surface area contributed by atoms with Gasteiger partial charge in [-0.1, -0.05) is 18.2 Å². The Bertz CT molecular complexity index is 577. The molecule has 0 radical (unpaired) electrons. The first-order valence-corrected chi connectivity index (χ1v) is 6.60. The molecule has 0 aliphatic heterocycles. The molecule has 0 saturated heterocycles. The second kappa shape index (κ2) is 5.74. The van der Waals surface area contributed by atoms with Crippen LogP contribution in [-0.4, -0.2) is 17.9 Å². The molecule has 20 heavy (non-hydrogen) atoms. The largest absolute Gasteiger partial charge is 0.368 e. The summed E-state index contributed by atoms with van der Waals surface area (Å²) in [4.78, 5) is 23.1. The molecule has 3 atom stereocenters. The number of hydrogen-bond donors (Lipinski definition) is 2. The van der Waals surface area contributed by atoms with E-state index in [1.165, 1.54) is 0 Å². The molecule has 3 unspecified atom stereocenters. The molecule has 0 aromatic heterocycles. The molecule has 1 aliphatic rings. The van der Waals surface area contributed by atoms with Gasteiger partial charge in [0.25, 0.3) is 5.91 Å². The summed E-state index contributed by atoms with van der Waals surface area (Å²) in [5, 5.41) is 11.4. The second-order valence-electron chi connectivity index (χ2n) is 5.19. The van der Waals surface area contributed by atoms with Gasteiger partial charge in [0.05, 0.1) is 6.07 Å². The first-order valence-electron chi connectivity index (χ1n) is 6.60. The monoisotopic (exact) mass is 271 g/mol. The third-order valence-corrected chi connectivity index (χ3v) is 3.61. The number of nitrogens with two attached hydrogens (primary N) is 1. The summed E-state index contributed by atoms with van der Waals surface area (Å²) in [6, 6.07) is 8.80. The predicted octanol–water partition coefficient (Wildman–Crippen LogP) is 0.992. The van der Waals surface area contributed by atoms with Gasteiger partial charge >= 0.3 is 0 Å². The Kier molecular flexibility index (Phi) is 4.04. The van der Waals surface area contributed by atoms with Gasteiger partial charge in [-0.05, 0) is 37.3 Å². The Balaban J connectivity index is 2.09. The summed E-state index contributed by atoms with van der Waals surface area (Å²) in [5.41, 5.74) is 6.59. The maximum atomic E-state index is 12.1. The number of nitrogens with zero attached hydrogens (tertiary/aromatic N) is 1. The molecule has 0 heterocycles. The Labute approximate surface area is 117 Å². The van der Waals surface area contributed by atoms with Crippen LogP contribution in [0.2, 0.25) is 0 Å². The Hall–Kier alpha value is -2.35. The van der Waals surface area contributed by atoms with Crippen molar-refractivity contribution >= 4 is 11.8 Å². The van der Waals surface area contributed by atoms with E-state index in [9.17, 15) is 9.59 Å². The lowest BCUT2D eigenvalue weighted by Crippen LogP contribution is -2.42. The number of hydrogen-bond acceptors (Lipinski definition) is 3. The van der Waals surface area contributed by atoms with Crippen LogP contribution in [0.25, 0.3) is 0 Å². The number of rotatable bonds is 5. The maximum Gasteiger partial charge on any atom is 0.252 e. The van der Waals surface area contributed by atoms with E-state index < -0.39 is 11.9 Å². The van der Waals surface area contributed by atoms with E-state index in [1.807, 2.05) is 12.1 Å². The van der Waals surface area contributed by atoms with Gasteiger partial charge in [-0.25, -0.2) is 0 Å². The highest BCUT2D eigenvalue weighted by Gasteiger charge is 2.37. The second-order valence-corrected chi connectivity index (χ2v) is 5.19. The molecule has 2 amide bonds.